The molecule has 0 atom stereocenters. The van der Waals surface area contributed by atoms with Gasteiger partial charge in [-0.3, -0.25) is 0 Å². The van der Waals surface area contributed by atoms with Crippen LogP contribution in [0, 0.1) is 5.41 Å². The van der Waals surface area contributed by atoms with Crippen molar-refractivity contribution in [1.29, 1.82) is 0 Å². The number of likely N-dealkylation sites (tertiary alicyclic amines) is 1. The molecule has 3 aliphatic rings. The van der Waals surface area contributed by atoms with Crippen molar-refractivity contribution < 1.29 is 14.3 Å². The van der Waals surface area contributed by atoms with Crippen molar-refractivity contribution in [3.05, 3.63) is 72.0 Å². The third-order valence-electron chi connectivity index (χ3n) is 6.73. The van der Waals surface area contributed by atoms with Crippen molar-refractivity contribution in [2.75, 3.05) is 18.4 Å². The highest BCUT2D eigenvalue weighted by atomic mass is 16.6. The first-order valence-electron chi connectivity index (χ1n) is 10.8. The van der Waals surface area contributed by atoms with E-state index in [0.29, 0.717) is 18.1 Å². The lowest BCUT2D eigenvalue weighted by molar-refractivity contribution is 0.0167. The van der Waals surface area contributed by atoms with Crippen LogP contribution in [0.25, 0.3) is 0 Å². The Kier molecular flexibility index (Phi) is 4.89. The smallest absolute Gasteiger partial charge is 0.410 e. The van der Waals surface area contributed by atoms with Gasteiger partial charge in [0.1, 0.15) is 18.1 Å². The summed E-state index contributed by atoms with van der Waals surface area (Å²) in [6.45, 7) is 5.82. The maximum absolute atomic E-state index is 12.4. The van der Waals surface area contributed by atoms with Crippen LogP contribution in [0.3, 0.4) is 0 Å². The molecule has 2 fully saturated rings. The average Bonchev–Trinajstić information content (AvgIpc) is 3.11. The highest BCUT2D eigenvalue weighted by molar-refractivity contribution is 5.67. The summed E-state index contributed by atoms with van der Waals surface area (Å²) >= 11 is 0. The maximum atomic E-state index is 12.4. The van der Waals surface area contributed by atoms with Crippen molar-refractivity contribution >= 4 is 11.8 Å². The van der Waals surface area contributed by atoms with Gasteiger partial charge in [-0.05, 0) is 42.7 Å². The molecule has 5 rings (SSSR count). The lowest BCUT2D eigenvalue weighted by Gasteiger charge is -2.52. The third-order valence-corrected chi connectivity index (χ3v) is 6.73. The van der Waals surface area contributed by atoms with Crippen molar-refractivity contribution in [1.82, 2.24) is 4.90 Å². The van der Waals surface area contributed by atoms with E-state index >= 15 is 0 Å². The van der Waals surface area contributed by atoms with Crippen LogP contribution < -0.4 is 10.1 Å². The fraction of sp³-hybridized carbons (Fsp3) is 0.400. The van der Waals surface area contributed by atoms with Gasteiger partial charge in [0.25, 0.3) is 0 Å². The minimum atomic E-state index is -0.192. The first-order valence-corrected chi connectivity index (χ1v) is 10.8. The van der Waals surface area contributed by atoms with E-state index in [2.05, 4.69) is 30.1 Å². The standard InChI is InChI=1S/C25H28N2O3/c1-18-13-20-7-8-21(14-23(20)30-18)26-22-15-25(16-22)9-11-27(12-10-25)24(28)29-17-19-5-3-2-4-6-19/h2-8,14,22,26H,1,9-13,15-17H2. The summed E-state index contributed by atoms with van der Waals surface area (Å²) in [7, 11) is 0. The Hall–Kier alpha value is -2.95. The van der Waals surface area contributed by atoms with Crippen LogP contribution in [0.4, 0.5) is 10.5 Å². The third kappa shape index (κ3) is 3.89. The van der Waals surface area contributed by atoms with Gasteiger partial charge in [0.2, 0.25) is 0 Å². The number of benzene rings is 2. The number of carbonyl (C=O) groups excluding carboxylic acids is 1. The fourth-order valence-electron chi connectivity index (χ4n) is 5.00. The van der Waals surface area contributed by atoms with E-state index in [9.17, 15) is 4.79 Å². The van der Waals surface area contributed by atoms with Gasteiger partial charge in [0.15, 0.2) is 0 Å². The molecule has 5 nitrogen and oxygen atoms in total. The number of hydrogen-bond acceptors (Lipinski definition) is 4. The molecule has 156 valence electrons. The highest BCUT2D eigenvalue weighted by Crippen LogP contribution is 2.50. The van der Waals surface area contributed by atoms with E-state index in [-0.39, 0.29) is 6.09 Å². The number of anilines is 1. The second kappa shape index (κ2) is 7.71. The molecule has 1 saturated heterocycles. The molecular weight excluding hydrogens is 376 g/mol. The zero-order chi connectivity index (χ0) is 20.6. The molecule has 0 bridgehead atoms. The Bertz CT molecular complexity index is 940. The number of allylic oxidation sites excluding steroid dienone is 1. The summed E-state index contributed by atoms with van der Waals surface area (Å²) in [6, 6.07) is 16.7. The molecular formula is C25H28N2O3. The number of fused-ring (bicyclic) bond motifs is 1. The van der Waals surface area contributed by atoms with E-state index in [1.165, 1.54) is 5.56 Å². The fourth-order valence-corrected chi connectivity index (χ4v) is 5.00. The Morgan fingerprint density at radius 3 is 2.70 bits per heavy atom. The van der Waals surface area contributed by atoms with Gasteiger partial charge < -0.3 is 19.7 Å². The van der Waals surface area contributed by atoms with Gasteiger partial charge in [-0.1, -0.05) is 43.0 Å². The number of amides is 1. The first kappa shape index (κ1) is 19.0. The van der Waals surface area contributed by atoms with Crippen LogP contribution in [-0.2, 0) is 17.8 Å². The minimum absolute atomic E-state index is 0.192. The molecule has 1 N–H and O–H groups in total. The Morgan fingerprint density at radius 2 is 1.93 bits per heavy atom. The van der Waals surface area contributed by atoms with Gasteiger partial charge in [-0.25, -0.2) is 4.79 Å². The second-order valence-electron chi connectivity index (χ2n) is 8.92. The molecule has 1 spiro atoms. The van der Waals surface area contributed by atoms with Gasteiger partial charge in [0.05, 0.1) is 0 Å². The molecule has 2 aromatic carbocycles. The van der Waals surface area contributed by atoms with E-state index in [1.807, 2.05) is 35.2 Å². The van der Waals surface area contributed by atoms with E-state index in [0.717, 1.165) is 68.0 Å². The molecule has 5 heteroatoms. The van der Waals surface area contributed by atoms with Crippen molar-refractivity contribution in [3.63, 3.8) is 0 Å². The van der Waals surface area contributed by atoms with Crippen LogP contribution in [-0.4, -0.2) is 30.1 Å². The van der Waals surface area contributed by atoms with Crippen molar-refractivity contribution in [2.45, 2.75) is 44.8 Å². The summed E-state index contributed by atoms with van der Waals surface area (Å²) in [4.78, 5) is 14.2. The molecule has 30 heavy (non-hydrogen) atoms. The zero-order valence-electron chi connectivity index (χ0n) is 17.2. The lowest BCUT2D eigenvalue weighted by atomic mass is 9.60. The van der Waals surface area contributed by atoms with Crippen LogP contribution in [0.5, 0.6) is 5.75 Å². The zero-order valence-corrected chi connectivity index (χ0v) is 17.2. The summed E-state index contributed by atoms with van der Waals surface area (Å²) in [5, 5.41) is 3.65. The molecule has 1 amide bonds. The summed E-state index contributed by atoms with van der Waals surface area (Å²) in [5.74, 6) is 1.75. The average molecular weight is 405 g/mol. The van der Waals surface area contributed by atoms with Crippen LogP contribution in [0.15, 0.2) is 60.9 Å². The number of ether oxygens (including phenoxy) is 2. The normalized spacial score (nSPS) is 19.7. The Morgan fingerprint density at radius 1 is 1.17 bits per heavy atom. The molecule has 2 aliphatic heterocycles. The Balaban J connectivity index is 1.07. The number of nitrogens with one attached hydrogen (secondary N) is 1. The van der Waals surface area contributed by atoms with E-state index in [1.54, 1.807) is 0 Å². The number of piperidine rings is 1. The molecule has 1 saturated carbocycles. The van der Waals surface area contributed by atoms with Gasteiger partial charge in [-0.15, -0.1) is 0 Å². The highest BCUT2D eigenvalue weighted by Gasteiger charge is 2.46. The first-order chi connectivity index (χ1) is 14.6. The summed E-state index contributed by atoms with van der Waals surface area (Å²) in [5.41, 5.74) is 3.72. The maximum Gasteiger partial charge on any atom is 0.410 e. The SMILES string of the molecule is C=C1Cc2ccc(NC3CC4(CCN(C(=O)OCc5ccccc5)CC4)C3)cc2O1. The Labute approximate surface area is 177 Å². The molecule has 0 aromatic heterocycles. The molecule has 0 unspecified atom stereocenters. The number of carbonyl (C=O) groups is 1. The van der Waals surface area contributed by atoms with Crippen LogP contribution in [0.1, 0.15) is 36.8 Å². The molecule has 2 heterocycles. The van der Waals surface area contributed by atoms with Crippen LogP contribution >= 0.6 is 0 Å². The van der Waals surface area contributed by atoms with Gasteiger partial charge in [0, 0.05) is 42.9 Å². The largest absolute Gasteiger partial charge is 0.462 e. The topological polar surface area (TPSA) is 50.8 Å². The second-order valence-corrected chi connectivity index (χ2v) is 8.92. The predicted octanol–water partition coefficient (Wildman–Crippen LogP) is 5.13. The monoisotopic (exact) mass is 404 g/mol. The molecule has 1 aliphatic carbocycles. The van der Waals surface area contributed by atoms with Crippen molar-refractivity contribution in [3.8, 4) is 5.75 Å². The summed E-state index contributed by atoms with van der Waals surface area (Å²) < 4.78 is 11.2. The number of hydrogen-bond donors (Lipinski definition) is 1. The molecule has 0 radical (unpaired) electrons. The predicted molar refractivity (Wildman–Crippen MR) is 116 cm³/mol. The number of nitrogens with zero attached hydrogens (tertiary/aromatic N) is 1. The minimum Gasteiger partial charge on any atom is -0.462 e. The van der Waals surface area contributed by atoms with Gasteiger partial charge in [-0.2, -0.15) is 0 Å². The van der Waals surface area contributed by atoms with Crippen LogP contribution in [0.2, 0.25) is 0 Å². The number of rotatable bonds is 4. The van der Waals surface area contributed by atoms with Crippen molar-refractivity contribution in [2.24, 2.45) is 5.41 Å². The van der Waals surface area contributed by atoms with E-state index in [4.69, 9.17) is 9.47 Å². The van der Waals surface area contributed by atoms with E-state index < -0.39 is 0 Å². The van der Waals surface area contributed by atoms with Gasteiger partial charge >= 0.3 is 6.09 Å². The quantitative estimate of drug-likeness (QED) is 0.768. The molecule has 2 aromatic rings. The lowest BCUT2D eigenvalue weighted by Crippen LogP contribution is -2.52. The summed E-state index contributed by atoms with van der Waals surface area (Å²) in [6.07, 6.45) is 5.04.